The third-order valence-electron chi connectivity index (χ3n) is 9.55. The van der Waals surface area contributed by atoms with Crippen LogP contribution in [0.4, 0.5) is 0 Å². The number of thiophene rings is 1. The van der Waals surface area contributed by atoms with Gasteiger partial charge >= 0.3 is 0 Å². The van der Waals surface area contributed by atoms with E-state index < -0.39 is 0 Å². The average Bonchev–Trinajstić information content (AvgIpc) is 3.76. The van der Waals surface area contributed by atoms with Crippen molar-refractivity contribution in [2.24, 2.45) is 0 Å². The minimum atomic E-state index is 0.705. The second-order valence-electron chi connectivity index (χ2n) is 12.5. The Kier molecular flexibility index (Phi) is 6.68. The first kappa shape index (κ1) is 28.6. The van der Waals surface area contributed by atoms with Gasteiger partial charge < -0.3 is 4.42 Å². The first-order valence-electron chi connectivity index (χ1n) is 16.7. The van der Waals surface area contributed by atoms with E-state index in [2.05, 4.69) is 152 Å². The SMILES string of the molecule is c1ccc(-c2ccccc2-c2nc(-c3ccc(-c4ccc5oc6ccccc6c5c4)cc3)cc(-c3cccc4c3sc3ccccc34)n2)cc1. The number of rotatable bonds is 5. The van der Waals surface area contributed by atoms with Gasteiger partial charge in [0.2, 0.25) is 0 Å². The molecular weight excluding hydrogens is 629 g/mol. The topological polar surface area (TPSA) is 38.9 Å². The Morgan fingerprint density at radius 3 is 1.90 bits per heavy atom. The van der Waals surface area contributed by atoms with E-state index in [9.17, 15) is 0 Å². The normalized spacial score (nSPS) is 11.6. The zero-order valence-corrected chi connectivity index (χ0v) is 27.7. The van der Waals surface area contributed by atoms with Gasteiger partial charge in [-0.25, -0.2) is 9.97 Å². The summed E-state index contributed by atoms with van der Waals surface area (Å²) in [6.07, 6.45) is 0. The summed E-state index contributed by atoms with van der Waals surface area (Å²) in [6.45, 7) is 0. The first-order chi connectivity index (χ1) is 24.8. The lowest BCUT2D eigenvalue weighted by Crippen LogP contribution is -1.97. The van der Waals surface area contributed by atoms with Crippen LogP contribution in [0.25, 0.3) is 98.3 Å². The molecule has 3 heterocycles. The molecule has 3 aromatic heterocycles. The van der Waals surface area contributed by atoms with Crippen LogP contribution in [0.1, 0.15) is 0 Å². The van der Waals surface area contributed by atoms with Crippen molar-refractivity contribution in [3.8, 4) is 56.2 Å². The molecule has 50 heavy (non-hydrogen) atoms. The van der Waals surface area contributed by atoms with Crippen LogP contribution in [-0.4, -0.2) is 9.97 Å². The summed E-state index contributed by atoms with van der Waals surface area (Å²) < 4.78 is 8.59. The molecule has 10 rings (SSSR count). The van der Waals surface area contributed by atoms with E-state index >= 15 is 0 Å². The predicted molar refractivity (Wildman–Crippen MR) is 209 cm³/mol. The quantitative estimate of drug-likeness (QED) is 0.185. The van der Waals surface area contributed by atoms with E-state index in [1.165, 1.54) is 20.2 Å². The Hall–Kier alpha value is -6.36. The molecule has 0 aliphatic heterocycles. The number of benzene rings is 7. The van der Waals surface area contributed by atoms with Crippen molar-refractivity contribution in [3.63, 3.8) is 0 Å². The van der Waals surface area contributed by atoms with Crippen molar-refractivity contribution in [2.75, 3.05) is 0 Å². The maximum Gasteiger partial charge on any atom is 0.161 e. The third-order valence-corrected chi connectivity index (χ3v) is 10.8. The molecule has 0 amide bonds. The van der Waals surface area contributed by atoms with Crippen LogP contribution in [-0.2, 0) is 0 Å². The van der Waals surface area contributed by atoms with Crippen LogP contribution in [0.15, 0.2) is 174 Å². The average molecular weight is 657 g/mol. The molecule has 0 aliphatic carbocycles. The van der Waals surface area contributed by atoms with Crippen molar-refractivity contribution in [1.82, 2.24) is 9.97 Å². The van der Waals surface area contributed by atoms with Gasteiger partial charge in [-0.3, -0.25) is 0 Å². The second-order valence-corrected chi connectivity index (χ2v) is 13.6. The maximum absolute atomic E-state index is 6.08. The largest absolute Gasteiger partial charge is 0.456 e. The molecule has 0 saturated carbocycles. The van der Waals surface area contributed by atoms with E-state index in [1.54, 1.807) is 0 Å². The molecule has 0 fully saturated rings. The molecule has 0 unspecified atom stereocenters. The highest BCUT2D eigenvalue weighted by Gasteiger charge is 2.17. The fourth-order valence-electron chi connectivity index (χ4n) is 7.09. The Bertz CT molecular complexity index is 2870. The molecule has 234 valence electrons. The number of hydrogen-bond donors (Lipinski definition) is 0. The number of aromatic nitrogens is 2. The molecule has 0 radical (unpaired) electrons. The number of hydrogen-bond acceptors (Lipinski definition) is 4. The molecule has 0 saturated heterocycles. The minimum Gasteiger partial charge on any atom is -0.456 e. The number of fused-ring (bicyclic) bond motifs is 6. The summed E-state index contributed by atoms with van der Waals surface area (Å²) in [7, 11) is 0. The Labute approximate surface area is 292 Å². The van der Waals surface area contributed by atoms with Crippen LogP contribution >= 0.6 is 11.3 Å². The van der Waals surface area contributed by atoms with E-state index in [1.807, 2.05) is 29.5 Å². The Morgan fingerprint density at radius 2 is 1.02 bits per heavy atom. The van der Waals surface area contributed by atoms with E-state index in [0.29, 0.717) is 5.82 Å². The molecule has 7 aromatic carbocycles. The van der Waals surface area contributed by atoms with E-state index in [4.69, 9.17) is 14.4 Å². The van der Waals surface area contributed by atoms with Crippen molar-refractivity contribution in [3.05, 3.63) is 170 Å². The summed E-state index contributed by atoms with van der Waals surface area (Å²) in [5.41, 5.74) is 11.3. The summed E-state index contributed by atoms with van der Waals surface area (Å²) in [6, 6.07) is 59.6. The molecule has 0 spiro atoms. The van der Waals surface area contributed by atoms with Crippen LogP contribution in [0.2, 0.25) is 0 Å². The van der Waals surface area contributed by atoms with E-state index in [0.717, 1.165) is 72.3 Å². The van der Waals surface area contributed by atoms with Gasteiger partial charge in [0.25, 0.3) is 0 Å². The van der Waals surface area contributed by atoms with Crippen LogP contribution in [0.3, 0.4) is 0 Å². The van der Waals surface area contributed by atoms with Crippen LogP contribution in [0, 0.1) is 0 Å². The molecule has 3 nitrogen and oxygen atoms in total. The van der Waals surface area contributed by atoms with Crippen molar-refractivity contribution >= 4 is 53.4 Å². The van der Waals surface area contributed by atoms with E-state index in [-0.39, 0.29) is 0 Å². The van der Waals surface area contributed by atoms with Crippen LogP contribution < -0.4 is 0 Å². The Balaban J connectivity index is 1.13. The monoisotopic (exact) mass is 656 g/mol. The van der Waals surface area contributed by atoms with Gasteiger partial charge in [-0.1, -0.05) is 140 Å². The second kappa shape index (κ2) is 11.7. The molecular formula is C46H28N2OS. The summed E-state index contributed by atoms with van der Waals surface area (Å²) in [4.78, 5) is 10.6. The number of para-hydroxylation sites is 1. The number of nitrogens with zero attached hydrogens (tertiary/aromatic N) is 2. The maximum atomic E-state index is 6.08. The highest BCUT2D eigenvalue weighted by atomic mass is 32.1. The van der Waals surface area contributed by atoms with Gasteiger partial charge in [-0.2, -0.15) is 0 Å². The Morgan fingerprint density at radius 1 is 0.380 bits per heavy atom. The summed E-state index contributed by atoms with van der Waals surface area (Å²) >= 11 is 1.82. The molecule has 0 N–H and O–H groups in total. The van der Waals surface area contributed by atoms with Gasteiger partial charge in [0.15, 0.2) is 5.82 Å². The van der Waals surface area contributed by atoms with Crippen molar-refractivity contribution in [1.29, 1.82) is 0 Å². The van der Waals surface area contributed by atoms with Gasteiger partial charge in [0.05, 0.1) is 11.4 Å². The standard InChI is InChI=1S/C46H28N2OS/c1-2-11-30(12-3-1)33-13-4-5-16-37(33)46-47-40(28-41(48-46)38-18-10-17-36-35-15-7-9-20-44(35)50-45(36)38)31-23-21-29(22-24-31)32-25-26-43-39(27-32)34-14-6-8-19-42(34)49-43/h1-28H. The zero-order valence-electron chi connectivity index (χ0n) is 26.9. The lowest BCUT2D eigenvalue weighted by Gasteiger charge is -2.13. The molecule has 4 heteroatoms. The van der Waals surface area contributed by atoms with Gasteiger partial charge in [-0.15, -0.1) is 11.3 Å². The summed E-state index contributed by atoms with van der Waals surface area (Å²) in [5.74, 6) is 0.705. The van der Waals surface area contributed by atoms with Gasteiger partial charge in [0.1, 0.15) is 11.2 Å². The lowest BCUT2D eigenvalue weighted by molar-refractivity contribution is 0.669. The van der Waals surface area contributed by atoms with Crippen molar-refractivity contribution < 1.29 is 4.42 Å². The first-order valence-corrected chi connectivity index (χ1v) is 17.6. The lowest BCUT2D eigenvalue weighted by atomic mass is 9.98. The fourth-order valence-corrected chi connectivity index (χ4v) is 8.31. The van der Waals surface area contributed by atoms with Gasteiger partial charge in [0, 0.05) is 47.6 Å². The molecule has 0 bridgehead atoms. The highest BCUT2D eigenvalue weighted by molar-refractivity contribution is 7.26. The number of furan rings is 1. The fraction of sp³-hybridized carbons (Fsp3) is 0. The molecule has 10 aromatic rings. The highest BCUT2D eigenvalue weighted by Crippen LogP contribution is 2.41. The van der Waals surface area contributed by atoms with Gasteiger partial charge in [-0.05, 0) is 52.6 Å². The predicted octanol–water partition coefficient (Wildman–Crippen LogP) is 13.1. The van der Waals surface area contributed by atoms with Crippen LogP contribution in [0.5, 0.6) is 0 Å². The zero-order chi connectivity index (χ0) is 33.0. The molecule has 0 atom stereocenters. The smallest absolute Gasteiger partial charge is 0.161 e. The minimum absolute atomic E-state index is 0.705. The molecule has 0 aliphatic rings. The third kappa shape index (κ3) is 4.80. The van der Waals surface area contributed by atoms with Crippen molar-refractivity contribution in [2.45, 2.75) is 0 Å². The summed E-state index contributed by atoms with van der Waals surface area (Å²) in [5, 5.41) is 4.78.